The predicted octanol–water partition coefficient (Wildman–Crippen LogP) is 3.21. The topological polar surface area (TPSA) is 34.9 Å². The van der Waals surface area contributed by atoms with Gasteiger partial charge in [-0.25, -0.2) is 0 Å². The van der Waals surface area contributed by atoms with E-state index in [1.165, 1.54) is 5.56 Å². The molecular formula is C16H14N2O. The minimum Gasteiger partial charge on any atom is -0.341 e. The van der Waals surface area contributed by atoms with Gasteiger partial charge in [-0.05, 0) is 36.8 Å². The Morgan fingerprint density at radius 2 is 2.05 bits per heavy atom. The van der Waals surface area contributed by atoms with Crippen molar-refractivity contribution >= 4 is 17.2 Å². The summed E-state index contributed by atoms with van der Waals surface area (Å²) in [4.78, 5) is 15.5. The van der Waals surface area contributed by atoms with Crippen molar-refractivity contribution < 1.29 is 4.79 Å². The third-order valence-corrected chi connectivity index (χ3v) is 3.26. The SMILES string of the molecule is Cc1cc(Cn2cccc2C=O)c2ccccc2n1. The van der Waals surface area contributed by atoms with Crippen molar-refractivity contribution in [1.82, 2.24) is 9.55 Å². The van der Waals surface area contributed by atoms with Crippen LogP contribution >= 0.6 is 0 Å². The summed E-state index contributed by atoms with van der Waals surface area (Å²) in [6.45, 7) is 2.68. The molecular weight excluding hydrogens is 236 g/mol. The maximum atomic E-state index is 11.0. The highest BCUT2D eigenvalue weighted by Gasteiger charge is 2.06. The Labute approximate surface area is 111 Å². The lowest BCUT2D eigenvalue weighted by Gasteiger charge is -2.10. The Bertz CT molecular complexity index is 743. The number of aldehydes is 1. The van der Waals surface area contributed by atoms with Crippen molar-refractivity contribution in [2.45, 2.75) is 13.5 Å². The van der Waals surface area contributed by atoms with Gasteiger partial charge in [0, 0.05) is 23.8 Å². The summed E-state index contributed by atoms with van der Waals surface area (Å²) < 4.78 is 1.95. The minimum atomic E-state index is 0.685. The molecule has 0 N–H and O–H groups in total. The first-order valence-corrected chi connectivity index (χ1v) is 6.23. The van der Waals surface area contributed by atoms with E-state index in [2.05, 4.69) is 17.1 Å². The van der Waals surface area contributed by atoms with Gasteiger partial charge in [0.05, 0.1) is 11.2 Å². The first-order valence-electron chi connectivity index (χ1n) is 6.23. The fourth-order valence-corrected chi connectivity index (χ4v) is 2.39. The number of carbonyl (C=O) groups excluding carboxylic acids is 1. The highest BCUT2D eigenvalue weighted by Crippen LogP contribution is 2.19. The molecule has 0 aliphatic carbocycles. The highest BCUT2D eigenvalue weighted by atomic mass is 16.1. The molecule has 0 saturated carbocycles. The van der Waals surface area contributed by atoms with E-state index in [1.54, 1.807) is 0 Å². The van der Waals surface area contributed by atoms with Crippen molar-refractivity contribution in [1.29, 1.82) is 0 Å². The summed E-state index contributed by atoms with van der Waals surface area (Å²) >= 11 is 0. The molecule has 3 aromatic rings. The van der Waals surface area contributed by atoms with Crippen molar-refractivity contribution in [2.75, 3.05) is 0 Å². The van der Waals surface area contributed by atoms with Crippen LogP contribution in [0.1, 0.15) is 21.7 Å². The van der Waals surface area contributed by atoms with E-state index in [0.29, 0.717) is 12.2 Å². The van der Waals surface area contributed by atoms with E-state index in [9.17, 15) is 4.79 Å². The molecule has 3 heteroatoms. The zero-order valence-electron chi connectivity index (χ0n) is 10.7. The lowest BCUT2D eigenvalue weighted by molar-refractivity contribution is 0.111. The van der Waals surface area contributed by atoms with E-state index < -0.39 is 0 Å². The van der Waals surface area contributed by atoms with Crippen LogP contribution in [0.5, 0.6) is 0 Å². The standard InChI is InChI=1S/C16H14N2O/c1-12-9-13(10-18-8-4-5-14(18)11-19)15-6-2-3-7-16(15)17-12/h2-9,11H,10H2,1H3. The molecule has 0 fully saturated rings. The normalized spacial score (nSPS) is 10.8. The highest BCUT2D eigenvalue weighted by molar-refractivity contribution is 5.82. The molecule has 94 valence electrons. The van der Waals surface area contributed by atoms with Crippen LogP contribution in [-0.2, 0) is 6.54 Å². The molecule has 2 aromatic heterocycles. The summed E-state index contributed by atoms with van der Waals surface area (Å²) in [5.41, 5.74) is 3.87. The molecule has 0 aliphatic rings. The van der Waals surface area contributed by atoms with E-state index >= 15 is 0 Å². The lowest BCUT2D eigenvalue weighted by Crippen LogP contribution is -2.03. The molecule has 0 atom stereocenters. The van der Waals surface area contributed by atoms with E-state index in [0.717, 1.165) is 22.9 Å². The summed E-state index contributed by atoms with van der Waals surface area (Å²) in [6.07, 6.45) is 2.81. The molecule has 0 aliphatic heterocycles. The smallest absolute Gasteiger partial charge is 0.166 e. The Morgan fingerprint density at radius 3 is 2.89 bits per heavy atom. The Hall–Kier alpha value is -2.42. The zero-order valence-corrected chi connectivity index (χ0v) is 10.7. The number of fused-ring (bicyclic) bond motifs is 1. The molecule has 0 saturated heterocycles. The van der Waals surface area contributed by atoms with Crippen LogP contribution in [0.2, 0.25) is 0 Å². The maximum absolute atomic E-state index is 11.0. The maximum Gasteiger partial charge on any atom is 0.166 e. The number of benzene rings is 1. The van der Waals surface area contributed by atoms with Gasteiger partial charge in [0.15, 0.2) is 6.29 Å². The molecule has 1 aromatic carbocycles. The number of hydrogen-bond acceptors (Lipinski definition) is 2. The molecule has 0 amide bonds. The number of carbonyl (C=O) groups is 1. The second-order valence-corrected chi connectivity index (χ2v) is 4.62. The van der Waals surface area contributed by atoms with Gasteiger partial charge in [-0.1, -0.05) is 18.2 Å². The van der Waals surface area contributed by atoms with Crippen LogP contribution in [0.4, 0.5) is 0 Å². The van der Waals surface area contributed by atoms with Gasteiger partial charge in [-0.15, -0.1) is 0 Å². The number of para-hydroxylation sites is 1. The fraction of sp³-hybridized carbons (Fsp3) is 0.125. The number of hydrogen-bond donors (Lipinski definition) is 0. The molecule has 0 spiro atoms. The van der Waals surface area contributed by atoms with Crippen molar-refractivity contribution in [3.63, 3.8) is 0 Å². The first kappa shape index (κ1) is 11.7. The Kier molecular flexibility index (Phi) is 2.88. The van der Waals surface area contributed by atoms with Crippen LogP contribution in [-0.4, -0.2) is 15.8 Å². The van der Waals surface area contributed by atoms with Crippen LogP contribution in [0.25, 0.3) is 10.9 Å². The van der Waals surface area contributed by atoms with Gasteiger partial charge < -0.3 is 4.57 Å². The Balaban J connectivity index is 2.12. The van der Waals surface area contributed by atoms with Crippen molar-refractivity contribution in [2.24, 2.45) is 0 Å². The average Bonchev–Trinajstić information content (AvgIpc) is 2.86. The molecule has 19 heavy (non-hydrogen) atoms. The molecule has 3 rings (SSSR count). The summed E-state index contributed by atoms with van der Waals surface area (Å²) in [5.74, 6) is 0. The van der Waals surface area contributed by atoms with Gasteiger partial charge in [0.2, 0.25) is 0 Å². The van der Waals surface area contributed by atoms with Gasteiger partial charge in [0.25, 0.3) is 0 Å². The lowest BCUT2D eigenvalue weighted by atomic mass is 10.1. The largest absolute Gasteiger partial charge is 0.341 e. The summed E-state index contributed by atoms with van der Waals surface area (Å²) in [6, 6.07) is 13.9. The number of rotatable bonds is 3. The molecule has 0 bridgehead atoms. The first-order chi connectivity index (χ1) is 9.28. The average molecular weight is 250 g/mol. The van der Waals surface area contributed by atoms with E-state index in [4.69, 9.17) is 0 Å². The second-order valence-electron chi connectivity index (χ2n) is 4.62. The molecule has 0 radical (unpaired) electrons. The number of pyridine rings is 1. The molecule has 2 heterocycles. The monoisotopic (exact) mass is 250 g/mol. The number of aryl methyl sites for hydroxylation is 1. The molecule has 3 nitrogen and oxygen atoms in total. The quantitative estimate of drug-likeness (QED) is 0.669. The van der Waals surface area contributed by atoms with Crippen molar-refractivity contribution in [3.8, 4) is 0 Å². The number of aromatic nitrogens is 2. The predicted molar refractivity (Wildman–Crippen MR) is 75.4 cm³/mol. The number of nitrogens with zero attached hydrogens (tertiary/aromatic N) is 2. The van der Waals surface area contributed by atoms with Gasteiger partial charge in [-0.3, -0.25) is 9.78 Å². The van der Waals surface area contributed by atoms with Crippen LogP contribution in [0.3, 0.4) is 0 Å². The van der Waals surface area contributed by atoms with Crippen molar-refractivity contribution in [3.05, 3.63) is 65.6 Å². The zero-order chi connectivity index (χ0) is 13.2. The summed E-state index contributed by atoms with van der Waals surface area (Å²) in [7, 11) is 0. The molecule has 0 unspecified atom stereocenters. The van der Waals surface area contributed by atoms with Gasteiger partial charge >= 0.3 is 0 Å². The third kappa shape index (κ3) is 2.15. The fourth-order valence-electron chi connectivity index (χ4n) is 2.39. The summed E-state index contributed by atoms with van der Waals surface area (Å²) in [5, 5.41) is 1.14. The van der Waals surface area contributed by atoms with Crippen LogP contribution in [0.15, 0.2) is 48.7 Å². The van der Waals surface area contributed by atoms with E-state index in [1.807, 2.05) is 48.0 Å². The van der Waals surface area contributed by atoms with Crippen LogP contribution in [0, 0.1) is 6.92 Å². The minimum absolute atomic E-state index is 0.685. The van der Waals surface area contributed by atoms with E-state index in [-0.39, 0.29) is 0 Å². The van der Waals surface area contributed by atoms with Gasteiger partial charge in [0.1, 0.15) is 0 Å². The Morgan fingerprint density at radius 1 is 1.21 bits per heavy atom. The van der Waals surface area contributed by atoms with Crippen LogP contribution < -0.4 is 0 Å². The van der Waals surface area contributed by atoms with Gasteiger partial charge in [-0.2, -0.15) is 0 Å². The third-order valence-electron chi connectivity index (χ3n) is 3.26. The second kappa shape index (κ2) is 4.69.